The molecule has 3 heteroatoms. The first-order valence-electron chi connectivity index (χ1n) is 4.61. The molecule has 0 saturated heterocycles. The fraction of sp³-hybridized carbons (Fsp3) is 0.700. The molecule has 0 spiro atoms. The van der Waals surface area contributed by atoms with Crippen molar-refractivity contribution in [3.05, 3.63) is 11.8 Å². The number of hydrogen-bond donors (Lipinski definition) is 1. The summed E-state index contributed by atoms with van der Waals surface area (Å²) in [6.45, 7) is 10.3. The van der Waals surface area contributed by atoms with Crippen LogP contribution in [-0.4, -0.2) is 14.9 Å². The van der Waals surface area contributed by atoms with Gasteiger partial charge >= 0.3 is 0 Å². The van der Waals surface area contributed by atoms with Crippen LogP contribution in [-0.2, 0) is 5.41 Å². The summed E-state index contributed by atoms with van der Waals surface area (Å²) >= 11 is 0. The van der Waals surface area contributed by atoms with Crippen LogP contribution < -0.4 is 0 Å². The van der Waals surface area contributed by atoms with Gasteiger partial charge < -0.3 is 5.11 Å². The molecule has 13 heavy (non-hydrogen) atoms. The van der Waals surface area contributed by atoms with Crippen LogP contribution in [0.15, 0.2) is 6.20 Å². The van der Waals surface area contributed by atoms with E-state index in [9.17, 15) is 5.11 Å². The molecule has 1 heterocycles. The Kier molecular flexibility index (Phi) is 2.37. The van der Waals surface area contributed by atoms with E-state index in [1.54, 1.807) is 4.68 Å². The highest BCUT2D eigenvalue weighted by Gasteiger charge is 2.21. The van der Waals surface area contributed by atoms with Gasteiger partial charge in [0.15, 0.2) is 0 Å². The largest absolute Gasteiger partial charge is 0.492 e. The lowest BCUT2D eigenvalue weighted by Gasteiger charge is -2.15. The van der Waals surface area contributed by atoms with Crippen LogP contribution in [0, 0.1) is 0 Å². The average Bonchev–Trinajstić information content (AvgIpc) is 2.29. The molecule has 1 aromatic rings. The van der Waals surface area contributed by atoms with Gasteiger partial charge in [-0.3, -0.25) is 4.68 Å². The summed E-state index contributed by atoms with van der Waals surface area (Å²) in [5, 5.41) is 13.6. The Bertz CT molecular complexity index is 294. The van der Waals surface area contributed by atoms with Crippen LogP contribution in [0.4, 0.5) is 0 Å². The monoisotopic (exact) mass is 182 g/mol. The third kappa shape index (κ3) is 2.02. The molecule has 1 aromatic heterocycles. The van der Waals surface area contributed by atoms with E-state index in [4.69, 9.17) is 0 Å². The molecule has 1 N–H and O–H groups in total. The molecule has 0 radical (unpaired) electrons. The van der Waals surface area contributed by atoms with E-state index in [2.05, 4.69) is 25.9 Å². The number of rotatable bonds is 1. The third-order valence-electron chi connectivity index (χ3n) is 2.05. The zero-order valence-electron chi connectivity index (χ0n) is 9.00. The maximum absolute atomic E-state index is 9.58. The highest BCUT2D eigenvalue weighted by atomic mass is 16.3. The standard InChI is InChI=1S/C10H18N2O/c1-7(2)12-6-8(9(13)11-12)10(3,4)5/h6-7H,1-5H3,(H,11,13). The lowest BCUT2D eigenvalue weighted by atomic mass is 9.89. The molecule has 0 atom stereocenters. The molecule has 0 bridgehead atoms. The molecule has 0 fully saturated rings. The van der Waals surface area contributed by atoms with Crippen molar-refractivity contribution < 1.29 is 5.11 Å². The minimum atomic E-state index is -0.0444. The number of nitrogens with zero attached hydrogens (tertiary/aromatic N) is 2. The van der Waals surface area contributed by atoms with Crippen molar-refractivity contribution >= 4 is 0 Å². The second-order valence-electron chi connectivity index (χ2n) is 4.69. The van der Waals surface area contributed by atoms with E-state index in [0.29, 0.717) is 6.04 Å². The molecular weight excluding hydrogens is 164 g/mol. The SMILES string of the molecule is CC(C)n1cc(C(C)(C)C)c(O)n1. The Labute approximate surface area is 79.4 Å². The molecule has 3 nitrogen and oxygen atoms in total. The molecule has 74 valence electrons. The first-order valence-corrected chi connectivity index (χ1v) is 4.61. The molecule has 0 amide bonds. The second kappa shape index (κ2) is 3.05. The summed E-state index contributed by atoms with van der Waals surface area (Å²) in [5.74, 6) is 0.154. The zero-order valence-corrected chi connectivity index (χ0v) is 9.00. The van der Waals surface area contributed by atoms with Crippen molar-refractivity contribution in [1.82, 2.24) is 9.78 Å². The van der Waals surface area contributed by atoms with Gasteiger partial charge in [-0.25, -0.2) is 0 Å². The molecule has 0 aromatic carbocycles. The Hall–Kier alpha value is -0.990. The van der Waals surface area contributed by atoms with Crippen molar-refractivity contribution in [2.75, 3.05) is 0 Å². The number of aromatic hydroxyl groups is 1. The Morgan fingerprint density at radius 1 is 1.38 bits per heavy atom. The summed E-state index contributed by atoms with van der Waals surface area (Å²) in [6, 6.07) is 0.294. The van der Waals surface area contributed by atoms with Crippen molar-refractivity contribution in [2.24, 2.45) is 0 Å². The van der Waals surface area contributed by atoms with Crippen LogP contribution in [0.3, 0.4) is 0 Å². The van der Waals surface area contributed by atoms with Crippen molar-refractivity contribution in [2.45, 2.75) is 46.1 Å². The maximum atomic E-state index is 9.58. The summed E-state index contributed by atoms with van der Waals surface area (Å²) in [7, 11) is 0. The maximum Gasteiger partial charge on any atom is 0.234 e. The lowest BCUT2D eigenvalue weighted by molar-refractivity contribution is 0.414. The molecular formula is C10H18N2O. The summed E-state index contributed by atoms with van der Waals surface area (Å²) < 4.78 is 1.79. The Morgan fingerprint density at radius 3 is 2.15 bits per heavy atom. The van der Waals surface area contributed by atoms with Gasteiger partial charge in [-0.2, -0.15) is 0 Å². The summed E-state index contributed by atoms with van der Waals surface area (Å²) in [5.41, 5.74) is 0.859. The van der Waals surface area contributed by atoms with Gasteiger partial charge in [-0.15, -0.1) is 5.10 Å². The number of hydrogen-bond acceptors (Lipinski definition) is 2. The second-order valence-corrected chi connectivity index (χ2v) is 4.69. The third-order valence-corrected chi connectivity index (χ3v) is 2.05. The van der Waals surface area contributed by atoms with Gasteiger partial charge in [-0.1, -0.05) is 20.8 Å². The van der Waals surface area contributed by atoms with Gasteiger partial charge in [0.25, 0.3) is 0 Å². The average molecular weight is 182 g/mol. The van der Waals surface area contributed by atoms with Crippen LogP contribution in [0.5, 0.6) is 5.88 Å². The van der Waals surface area contributed by atoms with E-state index in [-0.39, 0.29) is 11.3 Å². The molecule has 0 unspecified atom stereocenters. The van der Waals surface area contributed by atoms with Gasteiger partial charge in [0, 0.05) is 17.8 Å². The van der Waals surface area contributed by atoms with Crippen molar-refractivity contribution in [3.63, 3.8) is 0 Å². The van der Waals surface area contributed by atoms with Crippen molar-refractivity contribution in [3.8, 4) is 5.88 Å². The fourth-order valence-corrected chi connectivity index (χ4v) is 1.18. The summed E-state index contributed by atoms with van der Waals surface area (Å²) in [4.78, 5) is 0. The van der Waals surface area contributed by atoms with Gasteiger partial charge in [0.05, 0.1) is 0 Å². The van der Waals surface area contributed by atoms with E-state index in [0.717, 1.165) is 5.56 Å². The van der Waals surface area contributed by atoms with Crippen LogP contribution in [0.2, 0.25) is 0 Å². The molecule has 0 aliphatic rings. The van der Waals surface area contributed by atoms with Crippen molar-refractivity contribution in [1.29, 1.82) is 0 Å². The molecule has 0 aliphatic heterocycles. The topological polar surface area (TPSA) is 38.0 Å². The van der Waals surface area contributed by atoms with E-state index in [1.165, 1.54) is 0 Å². The Balaban J connectivity index is 3.11. The molecule has 0 saturated carbocycles. The van der Waals surface area contributed by atoms with Crippen LogP contribution in [0.1, 0.15) is 46.2 Å². The fourth-order valence-electron chi connectivity index (χ4n) is 1.18. The smallest absolute Gasteiger partial charge is 0.234 e. The first-order chi connectivity index (χ1) is 5.82. The summed E-state index contributed by atoms with van der Waals surface area (Å²) in [6.07, 6.45) is 1.92. The zero-order chi connectivity index (χ0) is 10.2. The highest BCUT2D eigenvalue weighted by molar-refractivity contribution is 5.29. The first kappa shape index (κ1) is 10.1. The number of aromatic nitrogens is 2. The molecule has 0 aliphatic carbocycles. The normalized spacial score (nSPS) is 12.5. The predicted molar refractivity (Wildman–Crippen MR) is 53.0 cm³/mol. The van der Waals surface area contributed by atoms with Crippen LogP contribution >= 0.6 is 0 Å². The van der Waals surface area contributed by atoms with Crippen LogP contribution in [0.25, 0.3) is 0 Å². The van der Waals surface area contributed by atoms with Gasteiger partial charge in [0.1, 0.15) is 0 Å². The van der Waals surface area contributed by atoms with E-state index >= 15 is 0 Å². The van der Waals surface area contributed by atoms with E-state index < -0.39 is 0 Å². The minimum Gasteiger partial charge on any atom is -0.492 e. The van der Waals surface area contributed by atoms with Gasteiger partial charge in [0.2, 0.25) is 5.88 Å². The highest BCUT2D eigenvalue weighted by Crippen LogP contribution is 2.29. The van der Waals surface area contributed by atoms with Gasteiger partial charge in [-0.05, 0) is 19.3 Å². The quantitative estimate of drug-likeness (QED) is 0.724. The van der Waals surface area contributed by atoms with E-state index in [1.807, 2.05) is 20.0 Å². The minimum absolute atomic E-state index is 0.0444. The lowest BCUT2D eigenvalue weighted by Crippen LogP contribution is -2.10. The Morgan fingerprint density at radius 2 is 1.92 bits per heavy atom. The molecule has 1 rings (SSSR count). The predicted octanol–water partition coefficient (Wildman–Crippen LogP) is 2.47.